The van der Waals surface area contributed by atoms with Crippen LogP contribution in [0, 0.1) is 0 Å². The van der Waals surface area contributed by atoms with Crippen LogP contribution in [0.3, 0.4) is 0 Å². The Hall–Kier alpha value is -2.44. The topological polar surface area (TPSA) is 126 Å². The Labute approximate surface area is 90.3 Å². The van der Waals surface area contributed by atoms with Gasteiger partial charge in [-0.1, -0.05) is 6.08 Å². The second-order valence-electron chi connectivity index (χ2n) is 2.83. The molecular weight excluding hydrogens is 214 g/mol. The molecule has 0 unspecified atom stereocenters. The fourth-order valence-corrected chi connectivity index (χ4v) is 0.930. The predicted octanol–water partition coefficient (Wildman–Crippen LogP) is 0.245. The summed E-state index contributed by atoms with van der Waals surface area (Å²) < 4.78 is 0. The van der Waals surface area contributed by atoms with Crippen molar-refractivity contribution in [1.82, 2.24) is 9.97 Å². The van der Waals surface area contributed by atoms with E-state index in [1.54, 1.807) is 0 Å². The number of hydrogen-bond acceptors (Lipinski definition) is 5. The van der Waals surface area contributed by atoms with Gasteiger partial charge in [0.25, 0.3) is 0 Å². The average Bonchev–Trinajstić information content (AvgIpc) is 2.19. The number of carbonyl (C=O) groups is 2. The number of aromatic carboxylic acids is 1. The molecule has 0 saturated heterocycles. The molecule has 0 aromatic carbocycles. The number of nitrogen functional groups attached to an aromatic ring is 1. The SMILES string of the molecule is Nc1ncc(C=CCC(=O)O)nc1C(=O)O. The summed E-state index contributed by atoms with van der Waals surface area (Å²) in [5, 5.41) is 17.1. The molecule has 0 aliphatic heterocycles. The van der Waals surface area contributed by atoms with Crippen molar-refractivity contribution in [3.8, 4) is 0 Å². The van der Waals surface area contributed by atoms with Crippen molar-refractivity contribution in [3.63, 3.8) is 0 Å². The zero-order valence-corrected chi connectivity index (χ0v) is 8.12. The average molecular weight is 223 g/mol. The first kappa shape index (κ1) is 11.6. The van der Waals surface area contributed by atoms with Gasteiger partial charge >= 0.3 is 11.9 Å². The van der Waals surface area contributed by atoms with Gasteiger partial charge in [-0.2, -0.15) is 0 Å². The number of aliphatic carboxylic acids is 1. The maximum absolute atomic E-state index is 10.7. The monoisotopic (exact) mass is 223 g/mol. The van der Waals surface area contributed by atoms with Crippen molar-refractivity contribution in [2.75, 3.05) is 5.73 Å². The molecule has 0 spiro atoms. The Balaban J connectivity index is 2.91. The second-order valence-corrected chi connectivity index (χ2v) is 2.83. The lowest BCUT2D eigenvalue weighted by Crippen LogP contribution is -2.08. The van der Waals surface area contributed by atoms with Gasteiger partial charge in [0.15, 0.2) is 11.5 Å². The van der Waals surface area contributed by atoms with Gasteiger partial charge in [-0.15, -0.1) is 0 Å². The minimum atomic E-state index is -1.28. The molecule has 4 N–H and O–H groups in total. The molecule has 0 saturated carbocycles. The third-order valence-corrected chi connectivity index (χ3v) is 1.60. The Morgan fingerprint density at radius 3 is 2.69 bits per heavy atom. The van der Waals surface area contributed by atoms with Crippen LogP contribution in [-0.4, -0.2) is 32.1 Å². The van der Waals surface area contributed by atoms with E-state index in [9.17, 15) is 9.59 Å². The number of nitrogens with two attached hydrogens (primary N) is 1. The van der Waals surface area contributed by atoms with Gasteiger partial charge in [0.1, 0.15) is 0 Å². The molecule has 7 heteroatoms. The quantitative estimate of drug-likeness (QED) is 0.667. The molecule has 7 nitrogen and oxygen atoms in total. The van der Waals surface area contributed by atoms with Crippen LogP contribution < -0.4 is 5.73 Å². The van der Waals surface area contributed by atoms with Crippen LogP contribution in [0.25, 0.3) is 6.08 Å². The molecule has 0 amide bonds. The summed E-state index contributed by atoms with van der Waals surface area (Å²) in [5.41, 5.74) is 5.19. The summed E-state index contributed by atoms with van der Waals surface area (Å²) in [7, 11) is 0. The first-order valence-electron chi connectivity index (χ1n) is 4.25. The lowest BCUT2D eigenvalue weighted by atomic mass is 10.3. The van der Waals surface area contributed by atoms with Crippen LogP contribution in [0.4, 0.5) is 5.82 Å². The van der Waals surface area contributed by atoms with Gasteiger partial charge < -0.3 is 15.9 Å². The van der Waals surface area contributed by atoms with Gasteiger partial charge in [0.05, 0.1) is 18.3 Å². The van der Waals surface area contributed by atoms with Crippen molar-refractivity contribution >= 4 is 23.8 Å². The van der Waals surface area contributed by atoms with E-state index in [1.807, 2.05) is 0 Å². The zero-order valence-electron chi connectivity index (χ0n) is 8.12. The van der Waals surface area contributed by atoms with Gasteiger partial charge in [0, 0.05) is 0 Å². The van der Waals surface area contributed by atoms with Crippen LogP contribution in [-0.2, 0) is 4.79 Å². The fourth-order valence-electron chi connectivity index (χ4n) is 0.930. The predicted molar refractivity (Wildman–Crippen MR) is 54.7 cm³/mol. The molecule has 0 atom stereocenters. The number of anilines is 1. The lowest BCUT2D eigenvalue weighted by molar-refractivity contribution is -0.135. The molecule has 1 aromatic rings. The van der Waals surface area contributed by atoms with Crippen LogP contribution in [0.15, 0.2) is 12.3 Å². The normalized spacial score (nSPS) is 10.5. The van der Waals surface area contributed by atoms with Gasteiger partial charge in [-0.05, 0) is 6.08 Å². The molecular formula is C9H9N3O4. The number of carboxylic acid groups (broad SMARTS) is 2. The standard InChI is InChI=1S/C9H9N3O4/c10-8-7(9(15)16)12-5(4-11-8)2-1-3-6(13)14/h1-2,4H,3H2,(H2,10,11)(H,13,14)(H,15,16). The highest BCUT2D eigenvalue weighted by atomic mass is 16.4. The molecule has 0 bridgehead atoms. The van der Waals surface area contributed by atoms with Crippen LogP contribution in [0.5, 0.6) is 0 Å². The Kier molecular flexibility index (Phi) is 3.54. The molecule has 1 aromatic heterocycles. The van der Waals surface area contributed by atoms with E-state index in [2.05, 4.69) is 9.97 Å². The Bertz CT molecular complexity index is 456. The van der Waals surface area contributed by atoms with E-state index in [4.69, 9.17) is 15.9 Å². The number of aromatic nitrogens is 2. The van der Waals surface area contributed by atoms with E-state index in [1.165, 1.54) is 18.3 Å². The van der Waals surface area contributed by atoms with Crippen molar-refractivity contribution in [1.29, 1.82) is 0 Å². The van der Waals surface area contributed by atoms with Crippen molar-refractivity contribution in [2.45, 2.75) is 6.42 Å². The molecule has 0 fully saturated rings. The minimum absolute atomic E-state index is 0.172. The highest BCUT2D eigenvalue weighted by Gasteiger charge is 2.10. The number of rotatable bonds is 4. The first-order chi connectivity index (χ1) is 7.50. The highest BCUT2D eigenvalue weighted by Crippen LogP contribution is 2.07. The molecule has 0 aliphatic carbocycles. The fraction of sp³-hybridized carbons (Fsp3) is 0.111. The van der Waals surface area contributed by atoms with E-state index in [0.717, 1.165) is 0 Å². The van der Waals surface area contributed by atoms with E-state index < -0.39 is 11.9 Å². The maximum atomic E-state index is 10.7. The summed E-state index contributed by atoms with van der Waals surface area (Å²) >= 11 is 0. The summed E-state index contributed by atoms with van der Waals surface area (Å²) in [5.74, 6) is -2.44. The Morgan fingerprint density at radius 1 is 1.44 bits per heavy atom. The summed E-state index contributed by atoms with van der Waals surface area (Å²) in [6, 6.07) is 0. The maximum Gasteiger partial charge on any atom is 0.358 e. The van der Waals surface area contributed by atoms with Crippen molar-refractivity contribution in [3.05, 3.63) is 23.7 Å². The number of hydrogen-bond donors (Lipinski definition) is 3. The summed E-state index contributed by atoms with van der Waals surface area (Å²) in [4.78, 5) is 28.2. The van der Waals surface area contributed by atoms with Crippen LogP contribution in [0.1, 0.15) is 22.6 Å². The minimum Gasteiger partial charge on any atom is -0.481 e. The smallest absolute Gasteiger partial charge is 0.358 e. The van der Waals surface area contributed by atoms with Crippen LogP contribution >= 0.6 is 0 Å². The third-order valence-electron chi connectivity index (χ3n) is 1.60. The molecule has 1 heterocycles. The Morgan fingerprint density at radius 2 is 2.12 bits per heavy atom. The summed E-state index contributed by atoms with van der Waals surface area (Å²) in [6.07, 6.45) is 3.80. The lowest BCUT2D eigenvalue weighted by Gasteiger charge is -1.99. The highest BCUT2D eigenvalue weighted by molar-refractivity contribution is 5.90. The molecule has 1 rings (SSSR count). The largest absolute Gasteiger partial charge is 0.481 e. The van der Waals surface area contributed by atoms with Crippen LogP contribution in [0.2, 0.25) is 0 Å². The van der Waals surface area contributed by atoms with Gasteiger partial charge in [-0.25, -0.2) is 14.8 Å². The first-order valence-corrected chi connectivity index (χ1v) is 4.25. The third kappa shape index (κ3) is 3.05. The zero-order chi connectivity index (χ0) is 12.1. The second kappa shape index (κ2) is 4.87. The van der Waals surface area contributed by atoms with E-state index >= 15 is 0 Å². The summed E-state index contributed by atoms with van der Waals surface area (Å²) in [6.45, 7) is 0. The van der Waals surface area contributed by atoms with E-state index in [-0.39, 0.29) is 23.6 Å². The molecule has 0 radical (unpaired) electrons. The number of nitrogens with zero attached hydrogens (tertiary/aromatic N) is 2. The van der Waals surface area contributed by atoms with Gasteiger partial charge in [0.2, 0.25) is 0 Å². The van der Waals surface area contributed by atoms with E-state index in [0.29, 0.717) is 0 Å². The van der Waals surface area contributed by atoms with Gasteiger partial charge in [-0.3, -0.25) is 4.79 Å². The molecule has 84 valence electrons. The van der Waals surface area contributed by atoms with Crippen molar-refractivity contribution < 1.29 is 19.8 Å². The van der Waals surface area contributed by atoms with Crippen molar-refractivity contribution in [2.24, 2.45) is 0 Å². The molecule has 16 heavy (non-hydrogen) atoms. The molecule has 0 aliphatic rings. The number of carboxylic acids is 2.